The van der Waals surface area contributed by atoms with Crippen molar-refractivity contribution in [2.75, 3.05) is 27.9 Å². The highest BCUT2D eigenvalue weighted by molar-refractivity contribution is 6.07. The van der Waals surface area contributed by atoms with Crippen LogP contribution in [0.25, 0.3) is 0 Å². The van der Waals surface area contributed by atoms with E-state index in [0.717, 1.165) is 23.3 Å². The Kier molecular flexibility index (Phi) is 5.06. The molecule has 1 fully saturated rings. The first kappa shape index (κ1) is 17.5. The summed E-state index contributed by atoms with van der Waals surface area (Å²) in [6.45, 7) is 0.700. The third kappa shape index (κ3) is 3.25. The molecule has 0 amide bonds. The van der Waals surface area contributed by atoms with Crippen molar-refractivity contribution in [1.82, 2.24) is 0 Å². The minimum absolute atomic E-state index is 0.0351. The zero-order valence-corrected chi connectivity index (χ0v) is 14.8. The molecule has 2 atom stereocenters. The number of carbonyl (C=O) groups excluding carboxylic acids is 2. The van der Waals surface area contributed by atoms with Crippen molar-refractivity contribution in [3.05, 3.63) is 23.3 Å². The van der Waals surface area contributed by atoms with Crippen LogP contribution in [0.3, 0.4) is 0 Å². The largest absolute Gasteiger partial charge is 0.493 e. The van der Waals surface area contributed by atoms with E-state index in [0.29, 0.717) is 37.3 Å². The molecule has 0 radical (unpaired) electrons. The number of esters is 1. The average Bonchev–Trinajstić information content (AvgIpc) is 2.66. The van der Waals surface area contributed by atoms with Crippen LogP contribution in [-0.4, -0.2) is 45.3 Å². The summed E-state index contributed by atoms with van der Waals surface area (Å²) in [5.41, 5.74) is 3.16. The highest BCUT2D eigenvalue weighted by Crippen LogP contribution is 2.37. The minimum Gasteiger partial charge on any atom is -0.493 e. The van der Waals surface area contributed by atoms with Gasteiger partial charge >= 0.3 is 5.97 Å². The van der Waals surface area contributed by atoms with E-state index in [1.54, 1.807) is 14.2 Å². The van der Waals surface area contributed by atoms with Crippen molar-refractivity contribution in [3.8, 4) is 11.5 Å². The molecule has 0 N–H and O–H groups in total. The lowest BCUT2D eigenvalue weighted by molar-refractivity contribution is -0.151. The number of benzene rings is 1. The molecule has 1 aliphatic heterocycles. The maximum absolute atomic E-state index is 12.1. The zero-order chi connectivity index (χ0) is 18.0. The highest BCUT2D eigenvalue weighted by Gasteiger charge is 2.37. The molecule has 1 aromatic rings. The van der Waals surface area contributed by atoms with Gasteiger partial charge in [0.1, 0.15) is 11.7 Å². The second-order valence-electron chi connectivity index (χ2n) is 6.39. The fourth-order valence-corrected chi connectivity index (χ4v) is 3.74. The van der Waals surface area contributed by atoms with Crippen LogP contribution in [-0.2, 0) is 20.7 Å². The molecule has 2 unspecified atom stereocenters. The summed E-state index contributed by atoms with van der Waals surface area (Å²) < 4.78 is 15.6. The van der Waals surface area contributed by atoms with Crippen LogP contribution in [0, 0.1) is 11.8 Å². The van der Waals surface area contributed by atoms with Gasteiger partial charge in [-0.3, -0.25) is 14.6 Å². The van der Waals surface area contributed by atoms with Gasteiger partial charge in [-0.1, -0.05) is 0 Å². The number of hydrogen-bond donors (Lipinski definition) is 0. The number of fused-ring (bicyclic) bond motifs is 1. The second-order valence-corrected chi connectivity index (χ2v) is 6.39. The van der Waals surface area contributed by atoms with E-state index in [4.69, 9.17) is 19.2 Å². The molecule has 0 saturated heterocycles. The Morgan fingerprint density at radius 1 is 1.12 bits per heavy atom. The summed E-state index contributed by atoms with van der Waals surface area (Å²) in [5, 5.41) is 0. The van der Waals surface area contributed by atoms with Crippen LogP contribution in [0.1, 0.15) is 30.4 Å². The van der Waals surface area contributed by atoms with Gasteiger partial charge in [-0.2, -0.15) is 0 Å². The third-order valence-electron chi connectivity index (χ3n) is 5.07. The maximum Gasteiger partial charge on any atom is 0.316 e. The molecule has 25 heavy (non-hydrogen) atoms. The van der Waals surface area contributed by atoms with E-state index in [2.05, 4.69) is 0 Å². The molecule has 3 rings (SSSR count). The van der Waals surface area contributed by atoms with E-state index in [9.17, 15) is 9.59 Å². The summed E-state index contributed by atoms with van der Waals surface area (Å²) >= 11 is 0. The number of nitrogens with zero attached hydrogens (tertiary/aromatic N) is 1. The molecule has 1 aliphatic carbocycles. The van der Waals surface area contributed by atoms with E-state index in [1.807, 2.05) is 12.1 Å². The number of ether oxygens (including phenoxy) is 3. The summed E-state index contributed by atoms with van der Waals surface area (Å²) in [7, 11) is 4.55. The van der Waals surface area contributed by atoms with Crippen molar-refractivity contribution in [2.24, 2.45) is 16.8 Å². The van der Waals surface area contributed by atoms with E-state index < -0.39 is 11.9 Å². The first-order valence-corrected chi connectivity index (χ1v) is 8.49. The number of ketones is 1. The van der Waals surface area contributed by atoms with Crippen molar-refractivity contribution in [2.45, 2.75) is 25.7 Å². The molecular formula is C19H23NO5. The molecule has 2 aliphatic rings. The van der Waals surface area contributed by atoms with Gasteiger partial charge in [0, 0.05) is 30.2 Å². The van der Waals surface area contributed by atoms with Gasteiger partial charge in [0.25, 0.3) is 0 Å². The predicted octanol–water partition coefficient (Wildman–Crippen LogP) is 2.21. The number of aliphatic imine (C=N–C) groups is 1. The Morgan fingerprint density at radius 3 is 2.52 bits per heavy atom. The summed E-state index contributed by atoms with van der Waals surface area (Å²) in [4.78, 5) is 28.7. The monoisotopic (exact) mass is 345 g/mol. The van der Waals surface area contributed by atoms with Gasteiger partial charge in [-0.05, 0) is 37.0 Å². The normalized spacial score (nSPS) is 22.7. The summed E-state index contributed by atoms with van der Waals surface area (Å²) in [5.74, 6) is 0.266. The minimum atomic E-state index is -0.683. The predicted molar refractivity (Wildman–Crippen MR) is 92.5 cm³/mol. The molecule has 6 nitrogen and oxygen atoms in total. The van der Waals surface area contributed by atoms with Crippen molar-refractivity contribution >= 4 is 17.5 Å². The van der Waals surface area contributed by atoms with Crippen LogP contribution in [0.4, 0.5) is 0 Å². The van der Waals surface area contributed by atoms with E-state index >= 15 is 0 Å². The van der Waals surface area contributed by atoms with Gasteiger partial charge in [0.05, 0.1) is 21.3 Å². The summed E-state index contributed by atoms with van der Waals surface area (Å²) in [6, 6.07) is 3.95. The second kappa shape index (κ2) is 7.25. The van der Waals surface area contributed by atoms with Crippen LogP contribution in [0.5, 0.6) is 11.5 Å². The van der Waals surface area contributed by atoms with Gasteiger partial charge in [-0.25, -0.2) is 0 Å². The van der Waals surface area contributed by atoms with Crippen LogP contribution in [0.2, 0.25) is 0 Å². The van der Waals surface area contributed by atoms with Crippen molar-refractivity contribution in [1.29, 1.82) is 0 Å². The fraction of sp³-hybridized carbons (Fsp3) is 0.526. The Bertz CT molecular complexity index is 717. The first-order chi connectivity index (χ1) is 12.1. The molecule has 1 heterocycles. The standard InChI is InChI=1S/C19H23NO5/c1-23-16-9-11-6-7-20-18(13(11)10-17(16)24-2)12-4-5-15(21)14(8-12)19(22)25-3/h9-10,12,14H,4-8H2,1-3H3. The molecule has 0 aromatic heterocycles. The van der Waals surface area contributed by atoms with Crippen LogP contribution >= 0.6 is 0 Å². The van der Waals surface area contributed by atoms with E-state index in [1.165, 1.54) is 7.11 Å². The SMILES string of the molecule is COC(=O)C1CC(C2=NCCc3cc(OC)c(OC)cc32)CCC1=O. The smallest absolute Gasteiger partial charge is 0.316 e. The lowest BCUT2D eigenvalue weighted by Gasteiger charge is -2.30. The Labute approximate surface area is 147 Å². The summed E-state index contributed by atoms with van der Waals surface area (Å²) in [6.07, 6.45) is 2.38. The number of rotatable bonds is 4. The van der Waals surface area contributed by atoms with Gasteiger partial charge in [0.2, 0.25) is 0 Å². The Morgan fingerprint density at radius 2 is 1.84 bits per heavy atom. The molecule has 6 heteroatoms. The molecular weight excluding hydrogens is 322 g/mol. The fourth-order valence-electron chi connectivity index (χ4n) is 3.74. The van der Waals surface area contributed by atoms with Gasteiger partial charge in [-0.15, -0.1) is 0 Å². The highest BCUT2D eigenvalue weighted by atomic mass is 16.5. The Balaban J connectivity index is 1.93. The van der Waals surface area contributed by atoms with Crippen LogP contribution in [0.15, 0.2) is 17.1 Å². The first-order valence-electron chi connectivity index (χ1n) is 8.49. The molecule has 1 saturated carbocycles. The number of carbonyl (C=O) groups is 2. The van der Waals surface area contributed by atoms with Crippen LogP contribution < -0.4 is 9.47 Å². The Hall–Kier alpha value is -2.37. The zero-order valence-electron chi connectivity index (χ0n) is 14.8. The third-order valence-corrected chi connectivity index (χ3v) is 5.07. The van der Waals surface area contributed by atoms with Crippen molar-refractivity contribution < 1.29 is 23.8 Å². The molecule has 134 valence electrons. The lowest BCUT2D eigenvalue weighted by atomic mass is 9.75. The topological polar surface area (TPSA) is 74.2 Å². The van der Waals surface area contributed by atoms with Gasteiger partial charge < -0.3 is 14.2 Å². The molecule has 0 spiro atoms. The van der Waals surface area contributed by atoms with E-state index in [-0.39, 0.29) is 11.7 Å². The maximum atomic E-state index is 12.1. The number of hydrogen-bond acceptors (Lipinski definition) is 6. The average molecular weight is 345 g/mol. The number of methoxy groups -OCH3 is 3. The molecule has 0 bridgehead atoms. The number of Topliss-reactive ketones (excluding diaryl/α,β-unsaturated/α-hetero) is 1. The molecule has 1 aromatic carbocycles. The van der Waals surface area contributed by atoms with Crippen molar-refractivity contribution in [3.63, 3.8) is 0 Å². The quantitative estimate of drug-likeness (QED) is 0.618. The van der Waals surface area contributed by atoms with Gasteiger partial charge in [0.15, 0.2) is 11.5 Å². The lowest BCUT2D eigenvalue weighted by Crippen LogP contribution is -2.36.